The van der Waals surface area contributed by atoms with E-state index in [1.807, 2.05) is 30.3 Å². The van der Waals surface area contributed by atoms with Crippen molar-refractivity contribution < 1.29 is 4.79 Å². The second kappa shape index (κ2) is 5.46. The lowest BCUT2D eigenvalue weighted by atomic mass is 9.83. The third kappa shape index (κ3) is 3.24. The fourth-order valence-electron chi connectivity index (χ4n) is 2.99. The van der Waals surface area contributed by atoms with Crippen molar-refractivity contribution in [2.45, 2.75) is 27.7 Å². The van der Waals surface area contributed by atoms with Crippen LogP contribution in [0.2, 0.25) is 0 Å². The molecular weight excluding hydrogens is 234 g/mol. The Morgan fingerprint density at radius 3 is 2.21 bits per heavy atom. The molecule has 0 radical (unpaired) electrons. The average molecular weight is 259 g/mol. The summed E-state index contributed by atoms with van der Waals surface area (Å²) in [4.78, 5) is 15.0. The van der Waals surface area contributed by atoms with Gasteiger partial charge in [-0.2, -0.15) is 0 Å². The highest BCUT2D eigenvalue weighted by Gasteiger charge is 2.34. The zero-order chi connectivity index (χ0) is 14.0. The van der Waals surface area contributed by atoms with Crippen LogP contribution in [0.4, 0.5) is 0 Å². The minimum Gasteiger partial charge on any atom is -0.302 e. The summed E-state index contributed by atoms with van der Waals surface area (Å²) < 4.78 is 0. The number of hydrogen-bond acceptors (Lipinski definition) is 2. The van der Waals surface area contributed by atoms with Crippen LogP contribution >= 0.6 is 0 Å². The van der Waals surface area contributed by atoms with E-state index in [1.54, 1.807) is 0 Å². The lowest BCUT2D eigenvalue weighted by Crippen LogP contribution is -2.38. The number of likely N-dealkylation sites (tertiary alicyclic amines) is 1. The van der Waals surface area contributed by atoms with Crippen LogP contribution in [0.3, 0.4) is 0 Å². The van der Waals surface area contributed by atoms with Gasteiger partial charge in [0, 0.05) is 30.6 Å². The number of benzene rings is 1. The van der Waals surface area contributed by atoms with E-state index in [0.29, 0.717) is 0 Å². The van der Waals surface area contributed by atoms with Crippen molar-refractivity contribution >= 4 is 5.78 Å². The Morgan fingerprint density at radius 2 is 1.68 bits per heavy atom. The summed E-state index contributed by atoms with van der Waals surface area (Å²) in [6.45, 7) is 11.8. The number of nitrogens with zero attached hydrogens (tertiary/aromatic N) is 1. The standard InChI is InChI=1S/C17H25NO/c1-13-10-18(11-14(13)2)12-17(3,4)16(19)15-8-6-5-7-9-15/h5-9,13-14H,10-12H2,1-4H3. The number of carbonyl (C=O) groups is 1. The van der Waals surface area contributed by atoms with E-state index in [9.17, 15) is 4.79 Å². The zero-order valence-corrected chi connectivity index (χ0v) is 12.5. The van der Waals surface area contributed by atoms with Crippen LogP contribution in [0.1, 0.15) is 38.1 Å². The van der Waals surface area contributed by atoms with Crippen molar-refractivity contribution in [2.75, 3.05) is 19.6 Å². The Morgan fingerprint density at radius 1 is 1.16 bits per heavy atom. The zero-order valence-electron chi connectivity index (χ0n) is 12.5. The van der Waals surface area contributed by atoms with Gasteiger partial charge in [-0.1, -0.05) is 58.0 Å². The van der Waals surface area contributed by atoms with Crippen molar-refractivity contribution in [3.63, 3.8) is 0 Å². The first-order valence-corrected chi connectivity index (χ1v) is 7.22. The van der Waals surface area contributed by atoms with Gasteiger partial charge in [0.05, 0.1) is 0 Å². The van der Waals surface area contributed by atoms with E-state index in [0.717, 1.165) is 37.0 Å². The summed E-state index contributed by atoms with van der Waals surface area (Å²) in [5.41, 5.74) is 0.512. The fraction of sp³-hybridized carbons (Fsp3) is 0.588. The monoisotopic (exact) mass is 259 g/mol. The van der Waals surface area contributed by atoms with Crippen LogP contribution in [0.5, 0.6) is 0 Å². The molecule has 19 heavy (non-hydrogen) atoms. The van der Waals surface area contributed by atoms with E-state index in [1.165, 1.54) is 0 Å². The molecule has 2 nitrogen and oxygen atoms in total. The molecule has 0 aliphatic carbocycles. The molecule has 1 saturated heterocycles. The highest BCUT2D eigenvalue weighted by molar-refractivity contribution is 6.00. The van der Waals surface area contributed by atoms with Crippen LogP contribution < -0.4 is 0 Å². The molecule has 0 aromatic heterocycles. The van der Waals surface area contributed by atoms with Gasteiger partial charge in [0.1, 0.15) is 0 Å². The average Bonchev–Trinajstić information content (AvgIpc) is 2.67. The van der Waals surface area contributed by atoms with Gasteiger partial charge >= 0.3 is 0 Å². The molecule has 1 aliphatic rings. The summed E-state index contributed by atoms with van der Waals surface area (Å²) >= 11 is 0. The first kappa shape index (κ1) is 14.3. The largest absolute Gasteiger partial charge is 0.302 e. The van der Waals surface area contributed by atoms with Crippen molar-refractivity contribution in [2.24, 2.45) is 17.3 Å². The molecule has 0 spiro atoms. The predicted molar refractivity (Wildman–Crippen MR) is 79.3 cm³/mol. The van der Waals surface area contributed by atoms with Gasteiger partial charge in [-0.15, -0.1) is 0 Å². The van der Waals surface area contributed by atoms with Crippen molar-refractivity contribution in [3.05, 3.63) is 35.9 Å². The van der Waals surface area contributed by atoms with E-state index in [-0.39, 0.29) is 11.2 Å². The molecule has 1 heterocycles. The third-order valence-electron chi connectivity index (χ3n) is 4.33. The molecule has 0 amide bonds. The minimum atomic E-state index is -0.314. The van der Waals surface area contributed by atoms with Crippen LogP contribution in [0.25, 0.3) is 0 Å². The summed E-state index contributed by atoms with van der Waals surface area (Å²) in [6.07, 6.45) is 0. The number of Topliss-reactive ketones (excluding diaryl/α,β-unsaturated/α-hetero) is 1. The van der Waals surface area contributed by atoms with Crippen molar-refractivity contribution in [1.82, 2.24) is 4.90 Å². The summed E-state index contributed by atoms with van der Waals surface area (Å²) in [7, 11) is 0. The normalized spacial score (nSPS) is 24.6. The van der Waals surface area contributed by atoms with Gasteiger partial charge in [0.15, 0.2) is 5.78 Å². The maximum atomic E-state index is 12.6. The smallest absolute Gasteiger partial charge is 0.169 e. The Balaban J connectivity index is 2.04. The van der Waals surface area contributed by atoms with E-state index in [4.69, 9.17) is 0 Å². The highest BCUT2D eigenvalue weighted by Crippen LogP contribution is 2.28. The summed E-state index contributed by atoms with van der Waals surface area (Å²) in [5, 5.41) is 0. The summed E-state index contributed by atoms with van der Waals surface area (Å²) in [6, 6.07) is 9.65. The van der Waals surface area contributed by atoms with Crippen LogP contribution in [-0.4, -0.2) is 30.3 Å². The molecular formula is C17H25NO. The Bertz CT molecular complexity index is 428. The van der Waals surface area contributed by atoms with Crippen LogP contribution in [0.15, 0.2) is 30.3 Å². The van der Waals surface area contributed by atoms with E-state index < -0.39 is 0 Å². The molecule has 0 bridgehead atoms. The maximum absolute atomic E-state index is 12.6. The van der Waals surface area contributed by atoms with E-state index in [2.05, 4.69) is 32.6 Å². The Hall–Kier alpha value is -1.15. The molecule has 0 N–H and O–H groups in total. The molecule has 2 atom stereocenters. The SMILES string of the molecule is CC1CN(CC(C)(C)C(=O)c2ccccc2)CC1C. The fourth-order valence-corrected chi connectivity index (χ4v) is 2.99. The molecule has 2 rings (SSSR count). The van der Waals surface area contributed by atoms with Crippen molar-refractivity contribution in [1.29, 1.82) is 0 Å². The van der Waals surface area contributed by atoms with Gasteiger partial charge < -0.3 is 4.90 Å². The highest BCUT2D eigenvalue weighted by atomic mass is 16.1. The number of rotatable bonds is 4. The molecule has 0 saturated carbocycles. The van der Waals surface area contributed by atoms with Crippen LogP contribution in [0, 0.1) is 17.3 Å². The summed E-state index contributed by atoms with van der Waals surface area (Å²) in [5.74, 6) is 1.73. The first-order valence-electron chi connectivity index (χ1n) is 7.22. The van der Waals surface area contributed by atoms with Gasteiger partial charge in [-0.25, -0.2) is 0 Å². The molecule has 1 aromatic rings. The van der Waals surface area contributed by atoms with Gasteiger partial charge in [0.2, 0.25) is 0 Å². The van der Waals surface area contributed by atoms with Gasteiger partial charge in [0.25, 0.3) is 0 Å². The van der Waals surface area contributed by atoms with Crippen molar-refractivity contribution in [3.8, 4) is 0 Å². The maximum Gasteiger partial charge on any atom is 0.169 e. The molecule has 2 heteroatoms. The number of carbonyl (C=O) groups excluding carboxylic acids is 1. The quantitative estimate of drug-likeness (QED) is 0.772. The third-order valence-corrected chi connectivity index (χ3v) is 4.33. The Kier molecular flexibility index (Phi) is 4.10. The second-order valence-corrected chi connectivity index (χ2v) is 6.73. The molecule has 2 unspecified atom stereocenters. The van der Waals surface area contributed by atoms with Crippen LogP contribution in [-0.2, 0) is 0 Å². The molecule has 104 valence electrons. The molecule has 1 aromatic carbocycles. The van der Waals surface area contributed by atoms with E-state index >= 15 is 0 Å². The lowest BCUT2D eigenvalue weighted by Gasteiger charge is -2.29. The second-order valence-electron chi connectivity index (χ2n) is 6.73. The van der Waals surface area contributed by atoms with Gasteiger partial charge in [-0.05, 0) is 11.8 Å². The minimum absolute atomic E-state index is 0.250. The first-order chi connectivity index (χ1) is 8.90. The molecule has 1 aliphatic heterocycles. The predicted octanol–water partition coefficient (Wildman–Crippen LogP) is 3.48. The Labute approximate surface area is 116 Å². The molecule has 1 fully saturated rings. The van der Waals surface area contributed by atoms with Gasteiger partial charge in [-0.3, -0.25) is 4.79 Å². The number of hydrogen-bond donors (Lipinski definition) is 0. The lowest BCUT2D eigenvalue weighted by molar-refractivity contribution is 0.0779. The number of ketones is 1. The topological polar surface area (TPSA) is 20.3 Å².